The fourth-order valence-corrected chi connectivity index (χ4v) is 2.24. The predicted octanol–water partition coefficient (Wildman–Crippen LogP) is 3.76. The Morgan fingerprint density at radius 2 is 2.00 bits per heavy atom. The monoisotopic (exact) mass is 361 g/mol. The number of benzene rings is 1. The Labute approximate surface area is 122 Å². The van der Waals surface area contributed by atoms with Gasteiger partial charge in [0.1, 0.15) is 6.61 Å². The van der Waals surface area contributed by atoms with E-state index in [0.717, 1.165) is 16.4 Å². The molecule has 1 unspecified atom stereocenters. The van der Waals surface area contributed by atoms with E-state index in [9.17, 15) is 4.79 Å². The van der Waals surface area contributed by atoms with E-state index < -0.39 is 0 Å². The summed E-state index contributed by atoms with van der Waals surface area (Å²) in [5.41, 5.74) is 1.00. The third kappa shape index (κ3) is 6.23. The van der Waals surface area contributed by atoms with Crippen molar-refractivity contribution >= 4 is 28.7 Å². The zero-order valence-electron chi connectivity index (χ0n) is 10.9. The van der Waals surface area contributed by atoms with Gasteiger partial charge >= 0.3 is 6.09 Å². The van der Waals surface area contributed by atoms with Crippen molar-refractivity contribution < 1.29 is 9.53 Å². The second-order valence-electron chi connectivity index (χ2n) is 4.69. The molecule has 1 aromatic rings. The molecule has 0 radical (unpaired) electrons. The Balaban J connectivity index is 2.32. The van der Waals surface area contributed by atoms with Gasteiger partial charge in [0.25, 0.3) is 0 Å². The summed E-state index contributed by atoms with van der Waals surface area (Å²) in [6.45, 7) is 4.62. The summed E-state index contributed by atoms with van der Waals surface area (Å²) in [5.74, 6) is 0.569. The Kier molecular flexibility index (Phi) is 7.08. The number of carbonyl (C=O) groups is 1. The lowest BCUT2D eigenvalue weighted by Crippen LogP contribution is -2.37. The van der Waals surface area contributed by atoms with Crippen LogP contribution in [0, 0.1) is 5.92 Å². The van der Waals surface area contributed by atoms with E-state index >= 15 is 0 Å². The van der Waals surface area contributed by atoms with Crippen LogP contribution in [0.5, 0.6) is 0 Å². The van der Waals surface area contributed by atoms with E-state index in [0.29, 0.717) is 12.5 Å². The van der Waals surface area contributed by atoms with Crippen LogP contribution in [0.2, 0.25) is 0 Å². The van der Waals surface area contributed by atoms with Crippen molar-refractivity contribution in [3.8, 4) is 0 Å². The highest BCUT2D eigenvalue weighted by atomic mass is 127. The molecule has 0 aliphatic carbocycles. The Morgan fingerprint density at radius 3 is 2.56 bits per heavy atom. The molecule has 0 spiro atoms. The van der Waals surface area contributed by atoms with Gasteiger partial charge in [0.15, 0.2) is 0 Å². The second-order valence-corrected chi connectivity index (χ2v) is 5.57. The fraction of sp³-hybridized carbons (Fsp3) is 0.500. The van der Waals surface area contributed by atoms with Crippen molar-refractivity contribution in [3.05, 3.63) is 35.9 Å². The molecule has 4 heteroatoms. The maximum absolute atomic E-state index is 11.6. The van der Waals surface area contributed by atoms with Crippen LogP contribution in [-0.4, -0.2) is 16.6 Å². The summed E-state index contributed by atoms with van der Waals surface area (Å²) in [6.07, 6.45) is 0.643. The first-order chi connectivity index (χ1) is 8.61. The van der Waals surface area contributed by atoms with Gasteiger partial charge in [-0.1, -0.05) is 66.8 Å². The third-order valence-corrected chi connectivity index (χ3v) is 3.54. The van der Waals surface area contributed by atoms with E-state index in [1.165, 1.54) is 0 Å². The summed E-state index contributed by atoms with van der Waals surface area (Å²) in [7, 11) is 0. The molecular formula is C14H20INO2. The summed E-state index contributed by atoms with van der Waals surface area (Å²) in [6, 6.07) is 9.88. The number of amides is 1. The zero-order chi connectivity index (χ0) is 13.4. The van der Waals surface area contributed by atoms with Crippen molar-refractivity contribution in [3.63, 3.8) is 0 Å². The van der Waals surface area contributed by atoms with Gasteiger partial charge in [0, 0.05) is 10.5 Å². The Bertz CT molecular complexity index is 354. The lowest BCUT2D eigenvalue weighted by atomic mass is 10.1. The summed E-state index contributed by atoms with van der Waals surface area (Å²) >= 11 is 2.29. The van der Waals surface area contributed by atoms with E-state index in [1.54, 1.807) is 0 Å². The topological polar surface area (TPSA) is 38.3 Å². The number of rotatable bonds is 6. The number of hydrogen-bond donors (Lipinski definition) is 1. The first-order valence-corrected chi connectivity index (χ1v) is 7.67. The molecular weight excluding hydrogens is 341 g/mol. The van der Waals surface area contributed by atoms with E-state index in [2.05, 4.69) is 41.8 Å². The molecule has 1 amide bonds. The fourth-order valence-electron chi connectivity index (χ4n) is 1.66. The van der Waals surface area contributed by atoms with Crippen LogP contribution < -0.4 is 5.32 Å². The molecule has 0 heterocycles. The van der Waals surface area contributed by atoms with Gasteiger partial charge in [0.2, 0.25) is 0 Å². The first kappa shape index (κ1) is 15.3. The minimum Gasteiger partial charge on any atom is -0.445 e. The SMILES string of the molecule is CC(C)CC(CI)NC(=O)OCc1ccccc1. The van der Waals surface area contributed by atoms with Crippen molar-refractivity contribution in [1.29, 1.82) is 0 Å². The van der Waals surface area contributed by atoms with Gasteiger partial charge in [-0.05, 0) is 17.9 Å². The van der Waals surface area contributed by atoms with Gasteiger partial charge in [-0.2, -0.15) is 0 Å². The second kappa shape index (κ2) is 8.34. The van der Waals surface area contributed by atoms with Crippen molar-refractivity contribution in [1.82, 2.24) is 5.32 Å². The number of carbonyl (C=O) groups excluding carboxylic acids is 1. The highest BCUT2D eigenvalue weighted by Gasteiger charge is 2.13. The molecule has 0 saturated heterocycles. The maximum Gasteiger partial charge on any atom is 0.407 e. The number of alkyl halides is 1. The smallest absolute Gasteiger partial charge is 0.407 e. The van der Waals surface area contributed by atoms with Crippen LogP contribution >= 0.6 is 22.6 Å². The van der Waals surface area contributed by atoms with Crippen molar-refractivity contribution in [2.45, 2.75) is 32.9 Å². The van der Waals surface area contributed by atoms with Crippen LogP contribution in [0.3, 0.4) is 0 Å². The largest absolute Gasteiger partial charge is 0.445 e. The average molecular weight is 361 g/mol. The molecule has 0 fully saturated rings. The molecule has 1 N–H and O–H groups in total. The van der Waals surface area contributed by atoms with Crippen LogP contribution in [-0.2, 0) is 11.3 Å². The normalized spacial score (nSPS) is 12.2. The molecule has 0 aromatic heterocycles. The lowest BCUT2D eigenvalue weighted by Gasteiger charge is -2.18. The van der Waals surface area contributed by atoms with E-state index in [1.807, 2.05) is 30.3 Å². The highest BCUT2D eigenvalue weighted by molar-refractivity contribution is 14.1. The predicted molar refractivity (Wildman–Crippen MR) is 81.9 cm³/mol. The lowest BCUT2D eigenvalue weighted by molar-refractivity contribution is 0.135. The van der Waals surface area contributed by atoms with Crippen LogP contribution in [0.1, 0.15) is 25.8 Å². The Morgan fingerprint density at radius 1 is 1.33 bits per heavy atom. The highest BCUT2D eigenvalue weighted by Crippen LogP contribution is 2.08. The molecule has 3 nitrogen and oxygen atoms in total. The zero-order valence-corrected chi connectivity index (χ0v) is 13.0. The molecule has 1 rings (SSSR count). The molecule has 0 bridgehead atoms. The van der Waals surface area contributed by atoms with Gasteiger partial charge in [-0.3, -0.25) is 0 Å². The number of halogens is 1. The summed E-state index contributed by atoms with van der Waals surface area (Å²) in [5, 5.41) is 2.90. The third-order valence-electron chi connectivity index (χ3n) is 2.48. The standard InChI is InChI=1S/C14H20INO2/c1-11(2)8-13(9-15)16-14(17)18-10-12-6-4-3-5-7-12/h3-7,11,13H,8-10H2,1-2H3,(H,16,17). The van der Waals surface area contributed by atoms with Gasteiger partial charge in [-0.25, -0.2) is 4.79 Å². The molecule has 0 aliphatic heterocycles. The number of alkyl carbamates (subject to hydrolysis) is 1. The van der Waals surface area contributed by atoms with Gasteiger partial charge < -0.3 is 10.1 Å². The minimum absolute atomic E-state index is 0.189. The van der Waals surface area contributed by atoms with Crippen LogP contribution in [0.15, 0.2) is 30.3 Å². The molecule has 1 atom stereocenters. The van der Waals surface area contributed by atoms with Crippen LogP contribution in [0.4, 0.5) is 4.79 Å². The molecule has 18 heavy (non-hydrogen) atoms. The van der Waals surface area contributed by atoms with E-state index in [4.69, 9.17) is 4.74 Å². The van der Waals surface area contributed by atoms with Crippen molar-refractivity contribution in [2.75, 3.05) is 4.43 Å². The minimum atomic E-state index is -0.332. The van der Waals surface area contributed by atoms with Gasteiger partial charge in [0.05, 0.1) is 0 Å². The first-order valence-electron chi connectivity index (χ1n) is 6.15. The van der Waals surface area contributed by atoms with Crippen molar-refractivity contribution in [2.24, 2.45) is 5.92 Å². The summed E-state index contributed by atoms with van der Waals surface area (Å²) < 4.78 is 6.09. The van der Waals surface area contributed by atoms with Gasteiger partial charge in [-0.15, -0.1) is 0 Å². The summed E-state index contributed by atoms with van der Waals surface area (Å²) in [4.78, 5) is 11.6. The molecule has 0 aliphatic rings. The van der Waals surface area contributed by atoms with Crippen LogP contribution in [0.25, 0.3) is 0 Å². The molecule has 100 valence electrons. The van der Waals surface area contributed by atoms with E-state index in [-0.39, 0.29) is 12.1 Å². The maximum atomic E-state index is 11.6. The average Bonchev–Trinajstić information content (AvgIpc) is 2.36. The quantitative estimate of drug-likeness (QED) is 0.619. The number of hydrogen-bond acceptors (Lipinski definition) is 2. The number of nitrogens with one attached hydrogen (secondary N) is 1. The number of ether oxygens (including phenoxy) is 1. The Hall–Kier alpha value is -0.780. The molecule has 0 saturated carbocycles. The molecule has 1 aromatic carbocycles.